The van der Waals surface area contributed by atoms with Gasteiger partial charge in [-0.2, -0.15) is 5.10 Å². The third-order valence-corrected chi connectivity index (χ3v) is 4.75. The Kier molecular flexibility index (Phi) is 5.28. The largest absolute Gasteiger partial charge is 0.383 e. The van der Waals surface area contributed by atoms with Gasteiger partial charge in [0.2, 0.25) is 0 Å². The molecule has 1 amide bonds. The molecular weight excluding hydrogens is 334 g/mol. The Balaban J connectivity index is 2.19. The maximum atomic E-state index is 13.2. The van der Waals surface area contributed by atoms with Crippen LogP contribution in [0.15, 0.2) is 30.7 Å². The van der Waals surface area contributed by atoms with Gasteiger partial charge in [0.15, 0.2) is 0 Å². The first-order valence-corrected chi connectivity index (χ1v) is 7.72. The molecule has 25 heavy (non-hydrogen) atoms. The lowest BCUT2D eigenvalue weighted by atomic mass is 9.71. The molecule has 3 N–H and O–H groups in total. The van der Waals surface area contributed by atoms with Crippen molar-refractivity contribution < 1.29 is 23.9 Å². The number of nitrogens with zero attached hydrogens (tertiary/aromatic N) is 3. The van der Waals surface area contributed by atoms with Gasteiger partial charge in [-0.1, -0.05) is 0 Å². The van der Waals surface area contributed by atoms with Crippen molar-refractivity contribution >= 4 is 5.91 Å². The monoisotopic (exact) mass is 356 g/mol. The number of hydrogen-bond acceptors (Lipinski definition) is 4. The molecule has 138 valence electrons. The zero-order valence-corrected chi connectivity index (χ0v) is 14.3. The maximum Gasteiger partial charge on any atom is 0.267 e. The van der Waals surface area contributed by atoms with E-state index in [4.69, 9.17) is 5.21 Å². The average Bonchev–Trinajstić information content (AvgIpc) is 3.20. The molecule has 0 aliphatic rings. The van der Waals surface area contributed by atoms with Crippen LogP contribution in [0.25, 0.3) is 11.3 Å². The fourth-order valence-corrected chi connectivity index (χ4v) is 2.59. The number of aryl methyl sites for hydroxylation is 2. The van der Waals surface area contributed by atoms with E-state index in [-0.39, 0.29) is 13.0 Å². The number of rotatable bonds is 7. The topological polar surface area (TPSA) is 92.3 Å². The van der Waals surface area contributed by atoms with Crippen LogP contribution in [0.4, 0.5) is 8.78 Å². The molecule has 2 heterocycles. The molecule has 0 bridgehead atoms. The Morgan fingerprint density at radius 3 is 2.56 bits per heavy atom. The van der Waals surface area contributed by atoms with Crippen LogP contribution in [0.1, 0.15) is 20.3 Å². The number of halogens is 2. The molecule has 0 saturated carbocycles. The quantitative estimate of drug-likeness (QED) is 0.521. The summed E-state index contributed by atoms with van der Waals surface area (Å²) in [7, 11) is 1.88. The maximum absolute atomic E-state index is 13.2. The third kappa shape index (κ3) is 3.57. The summed E-state index contributed by atoms with van der Waals surface area (Å²) in [5.74, 6) is -1.08. The molecule has 0 aromatic carbocycles. The fraction of sp³-hybridized carbons (Fsp3) is 0.500. The molecule has 2 aromatic heterocycles. The molecule has 0 aliphatic heterocycles. The smallest absolute Gasteiger partial charge is 0.267 e. The minimum atomic E-state index is -3.16. The number of amides is 1. The van der Waals surface area contributed by atoms with Crippen molar-refractivity contribution in [3.05, 3.63) is 30.7 Å². The van der Waals surface area contributed by atoms with E-state index in [0.717, 1.165) is 12.5 Å². The lowest BCUT2D eigenvalue weighted by molar-refractivity contribution is -0.183. The molecule has 0 radical (unpaired) electrons. The first-order chi connectivity index (χ1) is 11.6. The van der Waals surface area contributed by atoms with Crippen LogP contribution in [-0.4, -0.2) is 42.6 Å². The Morgan fingerprint density at radius 2 is 2.04 bits per heavy atom. The van der Waals surface area contributed by atoms with E-state index in [2.05, 4.69) is 5.10 Å². The number of hydroxylamine groups is 1. The zero-order chi connectivity index (χ0) is 18.8. The average molecular weight is 356 g/mol. The summed E-state index contributed by atoms with van der Waals surface area (Å²) >= 11 is 0. The molecule has 0 spiro atoms. The van der Waals surface area contributed by atoms with E-state index in [0.29, 0.717) is 5.69 Å². The van der Waals surface area contributed by atoms with Crippen molar-refractivity contribution in [1.82, 2.24) is 19.8 Å². The van der Waals surface area contributed by atoms with E-state index in [1.807, 2.05) is 30.1 Å². The van der Waals surface area contributed by atoms with Crippen LogP contribution in [0.2, 0.25) is 0 Å². The second kappa shape index (κ2) is 6.93. The van der Waals surface area contributed by atoms with Gasteiger partial charge in [-0.15, -0.1) is 0 Å². The van der Waals surface area contributed by atoms with E-state index in [9.17, 15) is 18.7 Å². The van der Waals surface area contributed by atoms with E-state index < -0.39 is 23.3 Å². The lowest BCUT2D eigenvalue weighted by Crippen LogP contribution is -2.57. The number of carbonyl (C=O) groups excluding carboxylic acids is 1. The summed E-state index contributed by atoms with van der Waals surface area (Å²) < 4.78 is 29.8. The molecule has 2 rings (SSSR count). The highest BCUT2D eigenvalue weighted by atomic mass is 19.3. The number of alkyl halides is 2. The Hall–Kier alpha value is -2.26. The number of hydrogen-bond donors (Lipinski definition) is 3. The highest BCUT2D eigenvalue weighted by Crippen LogP contribution is 2.39. The number of aromatic nitrogens is 3. The van der Waals surface area contributed by atoms with Crippen LogP contribution in [-0.2, 0) is 18.4 Å². The predicted octanol–water partition coefficient (Wildman–Crippen LogP) is 1.81. The molecule has 2 unspecified atom stereocenters. The van der Waals surface area contributed by atoms with Gasteiger partial charge >= 0.3 is 0 Å². The van der Waals surface area contributed by atoms with Crippen LogP contribution in [0.3, 0.4) is 0 Å². The molecule has 0 fully saturated rings. The van der Waals surface area contributed by atoms with Gasteiger partial charge in [-0.05, 0) is 32.4 Å². The van der Waals surface area contributed by atoms with Gasteiger partial charge in [0, 0.05) is 37.7 Å². The van der Waals surface area contributed by atoms with Gasteiger partial charge in [0.1, 0.15) is 5.60 Å². The Labute approximate surface area is 143 Å². The lowest BCUT2D eigenvalue weighted by Gasteiger charge is -2.40. The molecule has 2 atom stereocenters. The summed E-state index contributed by atoms with van der Waals surface area (Å²) in [5.41, 5.74) is -1.55. The molecular formula is C16H22F2N4O3. The van der Waals surface area contributed by atoms with Gasteiger partial charge in [0.25, 0.3) is 12.3 Å². The second-order valence-electron chi connectivity index (χ2n) is 6.50. The minimum Gasteiger partial charge on any atom is -0.383 e. The first kappa shape index (κ1) is 19.1. The standard InChI is InChI=1S/C16H22F2N4O3/c1-15(14(23)20-25,16(2,24)13(17)18)6-9-22-8-5-12(19-22)11-4-7-21(3)10-11/h4-5,7-8,10,13,24-25H,6,9H2,1-3H3,(H,20,23). The Morgan fingerprint density at radius 1 is 1.36 bits per heavy atom. The number of aliphatic hydroxyl groups is 1. The number of nitrogens with one attached hydrogen (secondary N) is 1. The van der Waals surface area contributed by atoms with Gasteiger partial charge in [-0.25, -0.2) is 14.3 Å². The van der Waals surface area contributed by atoms with Gasteiger partial charge in [0.05, 0.1) is 11.1 Å². The summed E-state index contributed by atoms with van der Waals surface area (Å²) in [6, 6.07) is 3.65. The zero-order valence-electron chi connectivity index (χ0n) is 14.3. The summed E-state index contributed by atoms with van der Waals surface area (Å²) in [5, 5.41) is 23.4. The van der Waals surface area contributed by atoms with Crippen molar-refractivity contribution in [2.24, 2.45) is 12.5 Å². The van der Waals surface area contributed by atoms with Crippen molar-refractivity contribution in [1.29, 1.82) is 0 Å². The summed E-state index contributed by atoms with van der Waals surface area (Å²) in [6.45, 7) is 2.18. The molecule has 9 heteroatoms. The summed E-state index contributed by atoms with van der Waals surface area (Å²) in [4.78, 5) is 11.9. The molecule has 0 saturated heterocycles. The van der Waals surface area contributed by atoms with Crippen molar-refractivity contribution in [3.8, 4) is 11.3 Å². The molecule has 7 nitrogen and oxygen atoms in total. The van der Waals surface area contributed by atoms with Crippen LogP contribution in [0, 0.1) is 5.41 Å². The second-order valence-corrected chi connectivity index (χ2v) is 6.50. The predicted molar refractivity (Wildman–Crippen MR) is 85.9 cm³/mol. The van der Waals surface area contributed by atoms with E-state index in [1.54, 1.807) is 12.3 Å². The SMILES string of the molecule is Cn1ccc(-c2ccn(CCC(C)(C(=O)NO)C(C)(O)C(F)F)n2)c1. The highest BCUT2D eigenvalue weighted by molar-refractivity contribution is 5.82. The van der Waals surface area contributed by atoms with E-state index in [1.165, 1.54) is 17.1 Å². The van der Waals surface area contributed by atoms with Crippen LogP contribution < -0.4 is 5.48 Å². The third-order valence-electron chi connectivity index (χ3n) is 4.75. The number of carbonyl (C=O) groups is 1. The van der Waals surface area contributed by atoms with Gasteiger partial charge < -0.3 is 9.67 Å². The Bertz CT molecular complexity index is 741. The molecule has 0 aliphatic carbocycles. The molecule has 2 aromatic rings. The van der Waals surface area contributed by atoms with Crippen molar-refractivity contribution in [3.63, 3.8) is 0 Å². The minimum absolute atomic E-state index is 0.111. The summed E-state index contributed by atoms with van der Waals surface area (Å²) in [6.07, 6.45) is 2.12. The first-order valence-electron chi connectivity index (χ1n) is 7.72. The normalized spacial score (nSPS) is 16.5. The van der Waals surface area contributed by atoms with E-state index >= 15 is 0 Å². The fourth-order valence-electron chi connectivity index (χ4n) is 2.59. The van der Waals surface area contributed by atoms with Gasteiger partial charge in [-0.3, -0.25) is 14.7 Å². The van der Waals surface area contributed by atoms with Crippen molar-refractivity contribution in [2.75, 3.05) is 0 Å². The van der Waals surface area contributed by atoms with Crippen LogP contribution >= 0.6 is 0 Å². The highest BCUT2D eigenvalue weighted by Gasteiger charge is 2.54. The van der Waals surface area contributed by atoms with Crippen LogP contribution in [0.5, 0.6) is 0 Å². The van der Waals surface area contributed by atoms with Crippen molar-refractivity contribution in [2.45, 2.75) is 38.8 Å².